The Morgan fingerprint density at radius 3 is 2.64 bits per heavy atom. The lowest BCUT2D eigenvalue weighted by molar-refractivity contribution is 0.0301. The minimum Gasteiger partial charge on any atom is -0.320 e. The van der Waals surface area contributed by atoms with Crippen molar-refractivity contribution in [2.24, 2.45) is 11.7 Å². The molecular formula is C8H15F2N. The van der Waals surface area contributed by atoms with Crippen molar-refractivity contribution in [1.29, 1.82) is 0 Å². The highest BCUT2D eigenvalue weighted by Gasteiger charge is 2.45. The van der Waals surface area contributed by atoms with Gasteiger partial charge >= 0.3 is 0 Å². The Bertz CT molecular complexity index is 138. The first-order valence-corrected chi connectivity index (χ1v) is 4.18. The predicted octanol–water partition coefficient (Wildman–Crippen LogP) is 2.16. The van der Waals surface area contributed by atoms with E-state index in [-0.39, 0.29) is 5.92 Å². The second kappa shape index (κ2) is 3.05. The second-order valence-electron chi connectivity index (χ2n) is 3.41. The lowest BCUT2D eigenvalue weighted by Gasteiger charge is -2.29. The van der Waals surface area contributed by atoms with Crippen molar-refractivity contribution >= 4 is 0 Å². The molecule has 1 fully saturated rings. The zero-order valence-corrected chi connectivity index (χ0v) is 6.82. The number of hydrogen-bond acceptors (Lipinski definition) is 1. The molecule has 1 rings (SSSR count). The largest absolute Gasteiger partial charge is 0.320 e. The van der Waals surface area contributed by atoms with Gasteiger partial charge < -0.3 is 5.73 Å². The van der Waals surface area contributed by atoms with Gasteiger partial charge in [-0.05, 0) is 18.8 Å². The van der Waals surface area contributed by atoms with Crippen LogP contribution < -0.4 is 5.73 Å². The molecule has 0 radical (unpaired) electrons. The second-order valence-corrected chi connectivity index (χ2v) is 3.41. The third-order valence-corrected chi connectivity index (χ3v) is 2.82. The maximum atomic E-state index is 12.4. The first-order chi connectivity index (χ1) is 5.11. The van der Waals surface area contributed by atoms with E-state index in [0.717, 1.165) is 19.3 Å². The average Bonchev–Trinajstić information content (AvgIpc) is 2.32. The van der Waals surface area contributed by atoms with E-state index in [4.69, 9.17) is 5.73 Å². The van der Waals surface area contributed by atoms with Crippen molar-refractivity contribution in [2.75, 3.05) is 0 Å². The standard InChI is InChI=1S/C8H15F2N/c1-2-6-4-3-5-8(6,11)7(9)10/h6-7H,2-5,11H2,1H3. The van der Waals surface area contributed by atoms with Crippen LogP contribution in [0.5, 0.6) is 0 Å². The monoisotopic (exact) mass is 163 g/mol. The topological polar surface area (TPSA) is 26.0 Å². The van der Waals surface area contributed by atoms with Gasteiger partial charge in [0.1, 0.15) is 0 Å². The molecule has 2 unspecified atom stereocenters. The molecule has 11 heavy (non-hydrogen) atoms. The summed E-state index contributed by atoms with van der Waals surface area (Å²) in [6.45, 7) is 1.93. The van der Waals surface area contributed by atoms with E-state index in [9.17, 15) is 8.78 Å². The molecule has 0 aromatic heterocycles. The summed E-state index contributed by atoms with van der Waals surface area (Å²) in [6, 6.07) is 0. The Labute approximate surface area is 66.0 Å². The minimum atomic E-state index is -2.35. The molecule has 0 aromatic rings. The fraction of sp³-hybridized carbons (Fsp3) is 1.00. The Kier molecular flexibility index (Phi) is 2.47. The molecule has 0 aliphatic heterocycles. The molecule has 66 valence electrons. The fourth-order valence-electron chi connectivity index (χ4n) is 2.00. The Morgan fingerprint density at radius 1 is 1.64 bits per heavy atom. The van der Waals surface area contributed by atoms with E-state index in [1.165, 1.54) is 0 Å². The maximum Gasteiger partial charge on any atom is 0.256 e. The molecule has 1 aliphatic carbocycles. The third kappa shape index (κ3) is 1.39. The zero-order valence-electron chi connectivity index (χ0n) is 6.82. The summed E-state index contributed by atoms with van der Waals surface area (Å²) in [6.07, 6.45) is 0.649. The summed E-state index contributed by atoms with van der Waals surface area (Å²) < 4.78 is 24.9. The van der Waals surface area contributed by atoms with Crippen LogP contribution in [0.1, 0.15) is 32.6 Å². The van der Waals surface area contributed by atoms with Gasteiger partial charge in [-0.15, -0.1) is 0 Å². The van der Waals surface area contributed by atoms with Crippen LogP contribution in [0.3, 0.4) is 0 Å². The molecular weight excluding hydrogens is 148 g/mol. The van der Waals surface area contributed by atoms with Gasteiger partial charge in [-0.25, -0.2) is 8.78 Å². The molecule has 0 heterocycles. The SMILES string of the molecule is CCC1CCCC1(N)C(F)F. The van der Waals surface area contributed by atoms with Crippen LogP contribution in [0, 0.1) is 5.92 Å². The van der Waals surface area contributed by atoms with Crippen molar-refractivity contribution in [1.82, 2.24) is 0 Å². The van der Waals surface area contributed by atoms with E-state index in [1.807, 2.05) is 6.92 Å². The summed E-state index contributed by atoms with van der Waals surface area (Å²) in [7, 11) is 0. The van der Waals surface area contributed by atoms with E-state index >= 15 is 0 Å². The van der Waals surface area contributed by atoms with Crippen molar-refractivity contribution in [3.63, 3.8) is 0 Å². The summed E-state index contributed by atoms with van der Waals surface area (Å²) in [5.74, 6) is 0.0301. The quantitative estimate of drug-likeness (QED) is 0.663. The van der Waals surface area contributed by atoms with Gasteiger partial charge in [-0.3, -0.25) is 0 Å². The molecule has 2 N–H and O–H groups in total. The molecule has 3 heteroatoms. The van der Waals surface area contributed by atoms with Gasteiger partial charge in [0.2, 0.25) is 0 Å². The van der Waals surface area contributed by atoms with Crippen molar-refractivity contribution in [2.45, 2.75) is 44.6 Å². The Morgan fingerprint density at radius 2 is 2.27 bits per heavy atom. The number of alkyl halides is 2. The first-order valence-electron chi connectivity index (χ1n) is 4.18. The Hall–Kier alpha value is -0.180. The highest BCUT2D eigenvalue weighted by molar-refractivity contribution is 4.97. The van der Waals surface area contributed by atoms with Crippen LogP contribution in [0.2, 0.25) is 0 Å². The van der Waals surface area contributed by atoms with Crippen LogP contribution in [0.25, 0.3) is 0 Å². The van der Waals surface area contributed by atoms with Crippen LogP contribution in [0.15, 0.2) is 0 Å². The fourth-order valence-corrected chi connectivity index (χ4v) is 2.00. The highest BCUT2D eigenvalue weighted by atomic mass is 19.3. The summed E-state index contributed by atoms with van der Waals surface area (Å²) in [4.78, 5) is 0. The van der Waals surface area contributed by atoms with Gasteiger partial charge in [0, 0.05) is 0 Å². The highest BCUT2D eigenvalue weighted by Crippen LogP contribution is 2.39. The van der Waals surface area contributed by atoms with Crippen LogP contribution >= 0.6 is 0 Å². The normalized spacial score (nSPS) is 38.5. The van der Waals surface area contributed by atoms with E-state index < -0.39 is 12.0 Å². The smallest absolute Gasteiger partial charge is 0.256 e. The van der Waals surface area contributed by atoms with Crippen LogP contribution in [-0.4, -0.2) is 12.0 Å². The molecule has 0 spiro atoms. The van der Waals surface area contributed by atoms with Crippen molar-refractivity contribution < 1.29 is 8.78 Å². The molecule has 0 amide bonds. The average molecular weight is 163 g/mol. The molecule has 1 saturated carbocycles. The van der Waals surface area contributed by atoms with Crippen molar-refractivity contribution in [3.05, 3.63) is 0 Å². The first kappa shape index (κ1) is 8.91. The molecule has 0 aromatic carbocycles. The number of hydrogen-bond donors (Lipinski definition) is 1. The van der Waals surface area contributed by atoms with E-state index in [2.05, 4.69) is 0 Å². The van der Waals surface area contributed by atoms with Crippen molar-refractivity contribution in [3.8, 4) is 0 Å². The number of nitrogens with two attached hydrogens (primary N) is 1. The van der Waals surface area contributed by atoms with Crippen LogP contribution in [-0.2, 0) is 0 Å². The number of rotatable bonds is 2. The summed E-state index contributed by atoms with van der Waals surface area (Å²) in [5.41, 5.74) is 4.43. The molecule has 0 bridgehead atoms. The molecule has 0 saturated heterocycles. The molecule has 1 aliphatic rings. The maximum absolute atomic E-state index is 12.4. The van der Waals surface area contributed by atoms with E-state index in [0.29, 0.717) is 6.42 Å². The van der Waals surface area contributed by atoms with Gasteiger partial charge in [0.15, 0.2) is 0 Å². The van der Waals surface area contributed by atoms with Crippen LogP contribution in [0.4, 0.5) is 8.78 Å². The lowest BCUT2D eigenvalue weighted by atomic mass is 9.87. The van der Waals surface area contributed by atoms with Gasteiger partial charge in [0.25, 0.3) is 6.43 Å². The Balaban J connectivity index is 2.67. The zero-order chi connectivity index (χ0) is 8.48. The number of halogens is 2. The van der Waals surface area contributed by atoms with Gasteiger partial charge in [-0.1, -0.05) is 19.8 Å². The minimum absolute atomic E-state index is 0.0301. The third-order valence-electron chi connectivity index (χ3n) is 2.82. The predicted molar refractivity (Wildman–Crippen MR) is 40.6 cm³/mol. The summed E-state index contributed by atoms with van der Waals surface area (Å²) in [5, 5.41) is 0. The summed E-state index contributed by atoms with van der Waals surface area (Å²) >= 11 is 0. The van der Waals surface area contributed by atoms with Gasteiger partial charge in [-0.2, -0.15) is 0 Å². The van der Waals surface area contributed by atoms with Gasteiger partial charge in [0.05, 0.1) is 5.54 Å². The van der Waals surface area contributed by atoms with E-state index in [1.54, 1.807) is 0 Å². The lowest BCUT2D eigenvalue weighted by Crippen LogP contribution is -2.49. The molecule has 1 nitrogen and oxygen atoms in total. The molecule has 2 atom stereocenters.